The van der Waals surface area contributed by atoms with E-state index >= 15 is 0 Å². The van der Waals surface area contributed by atoms with Crippen LogP contribution >= 0.6 is 0 Å². The Morgan fingerprint density at radius 2 is 1.91 bits per heavy atom. The number of carbonyl (C=O) groups excluding carboxylic acids is 1. The van der Waals surface area contributed by atoms with Gasteiger partial charge in [-0.1, -0.05) is 17.7 Å². The van der Waals surface area contributed by atoms with E-state index in [0.717, 1.165) is 16.3 Å². The van der Waals surface area contributed by atoms with E-state index in [1.165, 1.54) is 6.20 Å². The number of amides is 2. The number of carbonyl (C=O) groups is 1. The minimum atomic E-state index is -4.46. The number of hydrogen-bond donors (Lipinski definition) is 2. The Balaban J connectivity index is 1.77. The molecule has 22 heavy (non-hydrogen) atoms. The molecule has 0 saturated carbocycles. The van der Waals surface area contributed by atoms with Crippen LogP contribution < -0.4 is 10.6 Å². The van der Waals surface area contributed by atoms with E-state index in [0.29, 0.717) is 5.69 Å². The second kappa shape index (κ2) is 6.50. The lowest BCUT2D eigenvalue weighted by Crippen LogP contribution is -2.31. The lowest BCUT2D eigenvalue weighted by Gasteiger charge is -2.08. The van der Waals surface area contributed by atoms with Crippen molar-refractivity contribution in [3.05, 3.63) is 47.8 Å². The highest BCUT2D eigenvalue weighted by molar-refractivity contribution is 5.89. The summed E-state index contributed by atoms with van der Waals surface area (Å²) < 4.78 is 38.2. The van der Waals surface area contributed by atoms with Gasteiger partial charge in [0.05, 0.1) is 6.54 Å². The Kier molecular flexibility index (Phi) is 4.69. The summed E-state index contributed by atoms with van der Waals surface area (Å²) in [6.07, 6.45) is -3.23. The van der Waals surface area contributed by atoms with Crippen LogP contribution in [0.1, 0.15) is 11.3 Å². The second-order valence-electron chi connectivity index (χ2n) is 4.71. The topological polar surface area (TPSA) is 59.0 Å². The summed E-state index contributed by atoms with van der Waals surface area (Å²) >= 11 is 0. The Bertz CT molecular complexity index is 634. The molecule has 0 spiro atoms. The van der Waals surface area contributed by atoms with Crippen molar-refractivity contribution in [3.63, 3.8) is 0 Å². The fraction of sp³-hybridized carbons (Fsp3) is 0.286. The summed E-state index contributed by atoms with van der Waals surface area (Å²) in [4.78, 5) is 11.6. The minimum Gasteiger partial charge on any atom is -0.336 e. The number of nitrogens with one attached hydrogen (secondary N) is 2. The maximum atomic E-state index is 12.4. The van der Waals surface area contributed by atoms with E-state index < -0.39 is 17.9 Å². The molecule has 0 atom stereocenters. The Hall–Kier alpha value is -2.51. The Morgan fingerprint density at radius 1 is 1.23 bits per heavy atom. The third-order valence-electron chi connectivity index (χ3n) is 2.87. The van der Waals surface area contributed by atoms with Gasteiger partial charge >= 0.3 is 12.2 Å². The van der Waals surface area contributed by atoms with Gasteiger partial charge in [-0.3, -0.25) is 4.68 Å². The molecule has 5 nitrogen and oxygen atoms in total. The van der Waals surface area contributed by atoms with E-state index in [4.69, 9.17) is 0 Å². The normalized spacial score (nSPS) is 11.3. The molecule has 2 aromatic rings. The average Bonchev–Trinajstić information content (AvgIpc) is 2.90. The molecule has 0 aliphatic rings. The lowest BCUT2D eigenvalue weighted by atomic mass is 10.2. The Labute approximate surface area is 125 Å². The molecule has 2 N–H and O–H groups in total. The predicted molar refractivity (Wildman–Crippen MR) is 75.4 cm³/mol. The van der Waals surface area contributed by atoms with Crippen LogP contribution in [0.3, 0.4) is 0 Å². The summed E-state index contributed by atoms with van der Waals surface area (Å²) in [5.74, 6) is 0. The fourth-order valence-corrected chi connectivity index (χ4v) is 1.73. The molecule has 2 amide bonds. The number of aryl methyl sites for hydroxylation is 1. The fourth-order valence-electron chi connectivity index (χ4n) is 1.73. The summed E-state index contributed by atoms with van der Waals surface area (Å²) in [6.45, 7) is 2.25. The number of rotatable bonds is 4. The Morgan fingerprint density at radius 3 is 2.50 bits per heavy atom. The summed E-state index contributed by atoms with van der Waals surface area (Å²) in [7, 11) is 0. The predicted octanol–water partition coefficient (Wildman–Crippen LogP) is 3.03. The van der Waals surface area contributed by atoms with Crippen LogP contribution in [0.25, 0.3) is 0 Å². The maximum absolute atomic E-state index is 12.4. The molecule has 0 fully saturated rings. The van der Waals surface area contributed by atoms with Crippen molar-refractivity contribution in [2.45, 2.75) is 19.6 Å². The van der Waals surface area contributed by atoms with Crippen molar-refractivity contribution in [1.29, 1.82) is 0 Å². The van der Waals surface area contributed by atoms with Crippen LogP contribution in [-0.2, 0) is 12.7 Å². The number of urea groups is 1. The minimum absolute atomic E-state index is 0.150. The molecular formula is C14H15F3N4O. The van der Waals surface area contributed by atoms with Crippen LogP contribution in [0.4, 0.5) is 23.7 Å². The molecule has 0 bridgehead atoms. The second-order valence-corrected chi connectivity index (χ2v) is 4.71. The van der Waals surface area contributed by atoms with Gasteiger partial charge in [-0.15, -0.1) is 0 Å². The zero-order valence-electron chi connectivity index (χ0n) is 11.8. The van der Waals surface area contributed by atoms with Gasteiger partial charge in [0.1, 0.15) is 0 Å². The number of nitrogens with zero attached hydrogens (tertiary/aromatic N) is 2. The number of hydrogen-bond acceptors (Lipinski definition) is 2. The summed E-state index contributed by atoms with van der Waals surface area (Å²) in [5.41, 5.74) is 0.767. The smallest absolute Gasteiger partial charge is 0.336 e. The van der Waals surface area contributed by atoms with Gasteiger partial charge in [-0.25, -0.2) is 4.79 Å². The van der Waals surface area contributed by atoms with E-state index in [1.807, 2.05) is 19.1 Å². The number of alkyl halides is 3. The maximum Gasteiger partial charge on any atom is 0.435 e. The SMILES string of the molecule is Cc1ccc(NC(=O)NCCn2ccc(C(F)(F)F)n2)cc1. The molecule has 0 aliphatic heterocycles. The molecule has 8 heteroatoms. The standard InChI is InChI=1S/C14H15F3N4O/c1-10-2-4-11(5-3-10)19-13(22)18-7-9-21-8-6-12(20-21)14(15,16)17/h2-6,8H,7,9H2,1H3,(H2,18,19,22). The van der Waals surface area contributed by atoms with E-state index in [-0.39, 0.29) is 13.1 Å². The lowest BCUT2D eigenvalue weighted by molar-refractivity contribution is -0.141. The van der Waals surface area contributed by atoms with Crippen LogP contribution in [0.2, 0.25) is 0 Å². The van der Waals surface area contributed by atoms with Crippen LogP contribution in [0.15, 0.2) is 36.5 Å². The molecule has 0 radical (unpaired) electrons. The highest BCUT2D eigenvalue weighted by Gasteiger charge is 2.33. The first-order valence-electron chi connectivity index (χ1n) is 6.57. The first-order chi connectivity index (χ1) is 10.3. The van der Waals surface area contributed by atoms with Crippen LogP contribution in [0, 0.1) is 6.92 Å². The number of halogens is 3. The summed E-state index contributed by atoms with van der Waals surface area (Å²) in [5, 5.41) is 8.57. The zero-order chi connectivity index (χ0) is 16.2. The van der Waals surface area contributed by atoms with Gasteiger partial charge in [0.2, 0.25) is 0 Å². The van der Waals surface area contributed by atoms with Gasteiger partial charge < -0.3 is 10.6 Å². The molecule has 1 aromatic heterocycles. The molecule has 118 valence electrons. The quantitative estimate of drug-likeness (QED) is 0.911. The number of benzene rings is 1. The van der Waals surface area contributed by atoms with Crippen molar-refractivity contribution in [2.75, 3.05) is 11.9 Å². The largest absolute Gasteiger partial charge is 0.435 e. The van der Waals surface area contributed by atoms with Crippen molar-refractivity contribution in [2.24, 2.45) is 0 Å². The monoisotopic (exact) mass is 312 g/mol. The van der Waals surface area contributed by atoms with Crippen molar-refractivity contribution >= 4 is 11.7 Å². The highest BCUT2D eigenvalue weighted by atomic mass is 19.4. The van der Waals surface area contributed by atoms with Crippen molar-refractivity contribution in [3.8, 4) is 0 Å². The molecule has 0 aliphatic carbocycles. The number of anilines is 1. The first kappa shape index (κ1) is 15.9. The van der Waals surface area contributed by atoms with Crippen LogP contribution in [0.5, 0.6) is 0 Å². The van der Waals surface area contributed by atoms with Gasteiger partial charge in [-0.2, -0.15) is 18.3 Å². The van der Waals surface area contributed by atoms with Gasteiger partial charge in [0, 0.05) is 18.4 Å². The van der Waals surface area contributed by atoms with E-state index in [1.54, 1.807) is 12.1 Å². The van der Waals surface area contributed by atoms with Gasteiger partial charge in [0.25, 0.3) is 0 Å². The zero-order valence-corrected chi connectivity index (χ0v) is 11.8. The molecule has 1 aromatic carbocycles. The molecule has 0 saturated heterocycles. The average molecular weight is 312 g/mol. The summed E-state index contributed by atoms with van der Waals surface area (Å²) in [6, 6.07) is 7.71. The van der Waals surface area contributed by atoms with E-state index in [2.05, 4.69) is 15.7 Å². The van der Waals surface area contributed by atoms with Gasteiger partial charge in [0.15, 0.2) is 5.69 Å². The molecule has 0 unspecified atom stereocenters. The molecule has 1 heterocycles. The molecular weight excluding hydrogens is 297 g/mol. The van der Waals surface area contributed by atoms with E-state index in [9.17, 15) is 18.0 Å². The van der Waals surface area contributed by atoms with Crippen LogP contribution in [-0.4, -0.2) is 22.4 Å². The van der Waals surface area contributed by atoms with Crippen molar-refractivity contribution < 1.29 is 18.0 Å². The third kappa shape index (κ3) is 4.51. The highest BCUT2D eigenvalue weighted by Crippen LogP contribution is 2.27. The van der Waals surface area contributed by atoms with Crippen molar-refractivity contribution in [1.82, 2.24) is 15.1 Å². The van der Waals surface area contributed by atoms with Gasteiger partial charge in [-0.05, 0) is 25.1 Å². The number of aromatic nitrogens is 2. The third-order valence-corrected chi connectivity index (χ3v) is 2.87. The first-order valence-corrected chi connectivity index (χ1v) is 6.57. The molecule has 2 rings (SSSR count).